The molecule has 0 aliphatic rings. The number of benzene rings is 1. The molecule has 0 atom stereocenters. The average molecular weight is 326 g/mol. The van der Waals surface area contributed by atoms with Gasteiger partial charge in [-0.3, -0.25) is 0 Å². The van der Waals surface area contributed by atoms with E-state index in [0.29, 0.717) is 0 Å². The van der Waals surface area contributed by atoms with Crippen LogP contribution in [0, 0.1) is 6.92 Å². The summed E-state index contributed by atoms with van der Waals surface area (Å²) in [5, 5.41) is 3.43. The SMILES string of the molecule is C=CCCCOc1c(C)cc(Br)cc1CNCCC. The number of halogens is 1. The fraction of sp³-hybridized carbons (Fsp3) is 0.500. The van der Waals surface area contributed by atoms with E-state index >= 15 is 0 Å². The quantitative estimate of drug-likeness (QED) is 0.529. The Morgan fingerprint density at radius 3 is 2.89 bits per heavy atom. The summed E-state index contributed by atoms with van der Waals surface area (Å²) in [6, 6.07) is 4.24. The summed E-state index contributed by atoms with van der Waals surface area (Å²) >= 11 is 3.55. The Morgan fingerprint density at radius 1 is 1.42 bits per heavy atom. The first-order valence-electron chi connectivity index (χ1n) is 6.92. The molecule has 0 aliphatic carbocycles. The Balaban J connectivity index is 2.71. The van der Waals surface area contributed by atoms with Crippen molar-refractivity contribution in [3.8, 4) is 5.75 Å². The van der Waals surface area contributed by atoms with E-state index in [9.17, 15) is 0 Å². The highest BCUT2D eigenvalue weighted by Crippen LogP contribution is 2.28. The van der Waals surface area contributed by atoms with E-state index in [0.717, 1.165) is 49.2 Å². The Morgan fingerprint density at radius 2 is 2.21 bits per heavy atom. The number of ether oxygens (including phenoxy) is 1. The number of aryl methyl sites for hydroxylation is 1. The Labute approximate surface area is 125 Å². The second-order valence-corrected chi connectivity index (χ2v) is 5.58. The van der Waals surface area contributed by atoms with Crippen LogP contribution in [-0.4, -0.2) is 13.2 Å². The predicted molar refractivity (Wildman–Crippen MR) is 85.8 cm³/mol. The molecule has 1 rings (SSSR count). The monoisotopic (exact) mass is 325 g/mol. The van der Waals surface area contributed by atoms with Crippen LogP contribution in [0.25, 0.3) is 0 Å². The number of rotatable bonds is 9. The van der Waals surface area contributed by atoms with Crippen LogP contribution >= 0.6 is 15.9 Å². The normalized spacial score (nSPS) is 10.5. The number of allylic oxidation sites excluding steroid dienone is 1. The smallest absolute Gasteiger partial charge is 0.126 e. The van der Waals surface area contributed by atoms with E-state index in [-0.39, 0.29) is 0 Å². The largest absolute Gasteiger partial charge is 0.493 e. The molecule has 0 aromatic heterocycles. The zero-order valence-corrected chi connectivity index (χ0v) is 13.6. The van der Waals surface area contributed by atoms with Crippen molar-refractivity contribution in [2.24, 2.45) is 0 Å². The van der Waals surface area contributed by atoms with Gasteiger partial charge in [-0.2, -0.15) is 0 Å². The molecule has 1 aromatic rings. The molecule has 0 spiro atoms. The predicted octanol–water partition coefficient (Wildman–Crippen LogP) is 4.60. The van der Waals surface area contributed by atoms with E-state index in [1.54, 1.807) is 0 Å². The number of hydrogen-bond acceptors (Lipinski definition) is 2. The maximum absolute atomic E-state index is 5.95. The summed E-state index contributed by atoms with van der Waals surface area (Å²) in [6.07, 6.45) is 5.09. The third kappa shape index (κ3) is 5.79. The van der Waals surface area contributed by atoms with Gasteiger partial charge in [-0.15, -0.1) is 6.58 Å². The van der Waals surface area contributed by atoms with Gasteiger partial charge in [0.1, 0.15) is 5.75 Å². The molecule has 2 nitrogen and oxygen atoms in total. The summed E-state index contributed by atoms with van der Waals surface area (Å²) in [7, 11) is 0. The van der Waals surface area contributed by atoms with Gasteiger partial charge in [0.15, 0.2) is 0 Å². The fourth-order valence-corrected chi connectivity index (χ4v) is 2.56. The van der Waals surface area contributed by atoms with Crippen LogP contribution in [0.3, 0.4) is 0 Å². The number of nitrogens with one attached hydrogen (secondary N) is 1. The average Bonchev–Trinajstić information content (AvgIpc) is 2.37. The molecule has 19 heavy (non-hydrogen) atoms. The zero-order chi connectivity index (χ0) is 14.1. The lowest BCUT2D eigenvalue weighted by atomic mass is 10.1. The minimum atomic E-state index is 0.745. The van der Waals surface area contributed by atoms with Crippen molar-refractivity contribution < 1.29 is 4.74 Å². The van der Waals surface area contributed by atoms with E-state index in [1.807, 2.05) is 6.08 Å². The van der Waals surface area contributed by atoms with Crippen molar-refractivity contribution >= 4 is 15.9 Å². The minimum Gasteiger partial charge on any atom is -0.493 e. The second-order valence-electron chi connectivity index (χ2n) is 4.67. The molecule has 0 heterocycles. The molecule has 0 aliphatic heterocycles. The Bertz CT molecular complexity index is 404. The maximum atomic E-state index is 5.95. The van der Waals surface area contributed by atoms with Gasteiger partial charge in [-0.1, -0.05) is 28.9 Å². The van der Waals surface area contributed by atoms with Crippen molar-refractivity contribution in [1.82, 2.24) is 5.32 Å². The molecular formula is C16H24BrNO. The van der Waals surface area contributed by atoms with Gasteiger partial charge in [0, 0.05) is 16.6 Å². The van der Waals surface area contributed by atoms with Crippen molar-refractivity contribution in [2.75, 3.05) is 13.2 Å². The maximum Gasteiger partial charge on any atom is 0.126 e. The lowest BCUT2D eigenvalue weighted by molar-refractivity contribution is 0.306. The lowest BCUT2D eigenvalue weighted by Gasteiger charge is -2.15. The molecule has 0 radical (unpaired) electrons. The third-order valence-electron chi connectivity index (χ3n) is 2.86. The second kappa shape index (κ2) is 9.16. The van der Waals surface area contributed by atoms with E-state index in [4.69, 9.17) is 4.74 Å². The summed E-state index contributed by atoms with van der Waals surface area (Å²) in [4.78, 5) is 0. The van der Waals surface area contributed by atoms with Crippen LogP contribution in [0.5, 0.6) is 5.75 Å². The van der Waals surface area contributed by atoms with Gasteiger partial charge < -0.3 is 10.1 Å². The first kappa shape index (κ1) is 16.3. The zero-order valence-electron chi connectivity index (χ0n) is 12.0. The summed E-state index contributed by atoms with van der Waals surface area (Å²) < 4.78 is 7.06. The van der Waals surface area contributed by atoms with Crippen LogP contribution < -0.4 is 10.1 Å². The molecule has 0 unspecified atom stereocenters. The van der Waals surface area contributed by atoms with Crippen LogP contribution in [0.15, 0.2) is 29.3 Å². The fourth-order valence-electron chi connectivity index (χ4n) is 1.94. The van der Waals surface area contributed by atoms with Crippen molar-refractivity contribution in [3.05, 3.63) is 40.4 Å². The number of unbranched alkanes of at least 4 members (excludes halogenated alkanes) is 1. The van der Waals surface area contributed by atoms with Crippen LogP contribution in [0.2, 0.25) is 0 Å². The molecule has 0 fully saturated rings. The Kier molecular flexibility index (Phi) is 7.84. The molecule has 1 N–H and O–H groups in total. The van der Waals surface area contributed by atoms with E-state index in [2.05, 4.69) is 53.8 Å². The van der Waals surface area contributed by atoms with Gasteiger partial charge in [-0.25, -0.2) is 0 Å². The molecule has 0 saturated heterocycles. The summed E-state index contributed by atoms with van der Waals surface area (Å²) in [5.74, 6) is 1.02. The lowest BCUT2D eigenvalue weighted by Crippen LogP contribution is -2.15. The highest BCUT2D eigenvalue weighted by Gasteiger charge is 2.08. The van der Waals surface area contributed by atoms with Crippen molar-refractivity contribution in [2.45, 2.75) is 39.7 Å². The summed E-state index contributed by atoms with van der Waals surface area (Å²) in [5.41, 5.74) is 2.40. The molecule has 1 aromatic carbocycles. The van der Waals surface area contributed by atoms with Crippen LogP contribution in [-0.2, 0) is 6.54 Å². The molecule has 0 amide bonds. The van der Waals surface area contributed by atoms with Crippen molar-refractivity contribution in [3.63, 3.8) is 0 Å². The minimum absolute atomic E-state index is 0.745. The molecule has 0 saturated carbocycles. The van der Waals surface area contributed by atoms with Gasteiger partial charge in [0.05, 0.1) is 6.61 Å². The molecular weight excluding hydrogens is 302 g/mol. The van der Waals surface area contributed by atoms with Gasteiger partial charge in [0.2, 0.25) is 0 Å². The molecule has 3 heteroatoms. The van der Waals surface area contributed by atoms with E-state index < -0.39 is 0 Å². The van der Waals surface area contributed by atoms with Gasteiger partial charge >= 0.3 is 0 Å². The highest BCUT2D eigenvalue weighted by molar-refractivity contribution is 9.10. The first-order valence-corrected chi connectivity index (χ1v) is 7.71. The third-order valence-corrected chi connectivity index (χ3v) is 3.32. The van der Waals surface area contributed by atoms with E-state index in [1.165, 1.54) is 11.1 Å². The highest BCUT2D eigenvalue weighted by atomic mass is 79.9. The molecule has 0 bridgehead atoms. The van der Waals surface area contributed by atoms with Gasteiger partial charge in [-0.05, 0) is 50.4 Å². The Hall–Kier alpha value is -0.800. The first-order chi connectivity index (χ1) is 9.19. The standard InChI is InChI=1S/C16H24BrNO/c1-4-6-7-9-19-16-13(3)10-15(17)11-14(16)12-18-8-5-2/h4,10-11,18H,1,5-9,12H2,2-3H3. The number of hydrogen-bond donors (Lipinski definition) is 1. The van der Waals surface area contributed by atoms with Crippen LogP contribution in [0.1, 0.15) is 37.3 Å². The van der Waals surface area contributed by atoms with Crippen molar-refractivity contribution in [1.29, 1.82) is 0 Å². The topological polar surface area (TPSA) is 21.3 Å². The van der Waals surface area contributed by atoms with Gasteiger partial charge in [0.25, 0.3) is 0 Å². The molecule has 106 valence electrons. The van der Waals surface area contributed by atoms with Crippen LogP contribution in [0.4, 0.5) is 0 Å². The summed E-state index contributed by atoms with van der Waals surface area (Å²) in [6.45, 7) is 10.6.